The molecule has 7 heteroatoms. The number of ether oxygens (including phenoxy) is 1. The smallest absolute Gasteiger partial charge is 0.416 e. The van der Waals surface area contributed by atoms with Gasteiger partial charge in [-0.25, -0.2) is 4.98 Å². The van der Waals surface area contributed by atoms with E-state index < -0.39 is 17.6 Å². The lowest BCUT2D eigenvalue weighted by atomic mass is 10.1. The number of carbonyl (C=O) groups excluding carboxylic acids is 1. The summed E-state index contributed by atoms with van der Waals surface area (Å²) < 4.78 is 43.9. The molecule has 0 radical (unpaired) electrons. The van der Waals surface area contributed by atoms with Crippen molar-refractivity contribution in [3.63, 3.8) is 0 Å². The third-order valence-electron chi connectivity index (χ3n) is 3.97. The number of hydrogen-bond donors (Lipinski definition) is 1. The Morgan fingerprint density at radius 1 is 1.00 bits per heavy atom. The second-order valence-electron chi connectivity index (χ2n) is 6.26. The molecule has 0 fully saturated rings. The van der Waals surface area contributed by atoms with Crippen LogP contribution >= 0.6 is 0 Å². The average Bonchev–Trinajstić information content (AvgIpc) is 2.64. The number of aryl methyl sites for hydroxylation is 2. The van der Waals surface area contributed by atoms with E-state index in [1.165, 1.54) is 24.3 Å². The van der Waals surface area contributed by atoms with Crippen LogP contribution < -0.4 is 10.1 Å². The molecule has 3 rings (SSSR count). The zero-order valence-electron chi connectivity index (χ0n) is 15.2. The van der Waals surface area contributed by atoms with Gasteiger partial charge in [0.25, 0.3) is 5.91 Å². The van der Waals surface area contributed by atoms with Gasteiger partial charge in [-0.2, -0.15) is 13.2 Å². The third-order valence-corrected chi connectivity index (χ3v) is 3.97. The lowest BCUT2D eigenvalue weighted by Crippen LogP contribution is -2.14. The highest BCUT2D eigenvalue weighted by molar-refractivity contribution is 6.03. The fourth-order valence-electron chi connectivity index (χ4n) is 2.59. The number of benzene rings is 2. The number of hydrogen-bond acceptors (Lipinski definition) is 3. The number of nitrogens with one attached hydrogen (secondary N) is 1. The maximum atomic E-state index is 12.8. The van der Waals surface area contributed by atoms with Gasteiger partial charge in [0.1, 0.15) is 11.4 Å². The summed E-state index contributed by atoms with van der Waals surface area (Å²) in [7, 11) is 0. The zero-order valence-corrected chi connectivity index (χ0v) is 15.2. The molecule has 28 heavy (non-hydrogen) atoms. The molecule has 0 bridgehead atoms. The van der Waals surface area contributed by atoms with Crippen molar-refractivity contribution in [3.05, 3.63) is 83.0 Å². The SMILES string of the molecule is Cc1ccc(NC(=O)c2cccc(Oc3cccc(C(F)(F)F)c3)n2)c(C)c1. The first-order valence-corrected chi connectivity index (χ1v) is 8.43. The molecule has 0 atom stereocenters. The Balaban J connectivity index is 1.78. The molecule has 1 heterocycles. The van der Waals surface area contributed by atoms with Crippen LogP contribution in [0.2, 0.25) is 0 Å². The Morgan fingerprint density at radius 3 is 2.46 bits per heavy atom. The van der Waals surface area contributed by atoms with Gasteiger partial charge in [-0.05, 0) is 49.7 Å². The van der Waals surface area contributed by atoms with E-state index >= 15 is 0 Å². The molecule has 144 valence electrons. The van der Waals surface area contributed by atoms with Crippen LogP contribution in [0.4, 0.5) is 18.9 Å². The summed E-state index contributed by atoms with van der Waals surface area (Å²) in [5.41, 5.74) is 1.90. The Kier molecular flexibility index (Phi) is 5.35. The molecule has 4 nitrogen and oxygen atoms in total. The van der Waals surface area contributed by atoms with Gasteiger partial charge in [0, 0.05) is 11.8 Å². The molecule has 0 saturated heterocycles. The molecule has 1 amide bonds. The summed E-state index contributed by atoms with van der Waals surface area (Å²) in [5.74, 6) is -0.441. The van der Waals surface area contributed by atoms with Crippen molar-refractivity contribution in [2.45, 2.75) is 20.0 Å². The fraction of sp³-hybridized carbons (Fsp3) is 0.143. The van der Waals surface area contributed by atoms with Crippen LogP contribution in [0, 0.1) is 13.8 Å². The van der Waals surface area contributed by atoms with E-state index in [2.05, 4.69) is 10.3 Å². The van der Waals surface area contributed by atoms with Gasteiger partial charge in [0.2, 0.25) is 5.88 Å². The van der Waals surface area contributed by atoms with Crippen LogP contribution in [-0.4, -0.2) is 10.9 Å². The molecule has 0 aliphatic heterocycles. The molecule has 0 aliphatic carbocycles. The monoisotopic (exact) mass is 386 g/mol. The van der Waals surface area contributed by atoms with Gasteiger partial charge in [-0.1, -0.05) is 29.8 Å². The van der Waals surface area contributed by atoms with E-state index in [4.69, 9.17) is 4.74 Å². The van der Waals surface area contributed by atoms with Crippen molar-refractivity contribution in [3.8, 4) is 11.6 Å². The van der Waals surface area contributed by atoms with E-state index in [0.29, 0.717) is 5.69 Å². The number of carbonyl (C=O) groups is 1. The molecular formula is C21H17F3N2O2. The average molecular weight is 386 g/mol. The minimum absolute atomic E-state index is 0.0192. The van der Waals surface area contributed by atoms with E-state index in [-0.39, 0.29) is 17.3 Å². The quantitative estimate of drug-likeness (QED) is 0.620. The minimum atomic E-state index is -4.47. The second-order valence-corrected chi connectivity index (χ2v) is 6.26. The third kappa shape index (κ3) is 4.68. The molecule has 0 saturated carbocycles. The Hall–Kier alpha value is -3.35. The van der Waals surface area contributed by atoms with Crippen molar-refractivity contribution in [1.82, 2.24) is 4.98 Å². The van der Waals surface area contributed by atoms with Crippen molar-refractivity contribution in [1.29, 1.82) is 0 Å². The van der Waals surface area contributed by atoms with Gasteiger partial charge in [0.15, 0.2) is 0 Å². The van der Waals surface area contributed by atoms with E-state index in [9.17, 15) is 18.0 Å². The van der Waals surface area contributed by atoms with E-state index in [1.807, 2.05) is 26.0 Å². The summed E-state index contributed by atoms with van der Waals surface area (Å²) in [5, 5.41) is 2.77. The van der Waals surface area contributed by atoms with Crippen LogP contribution in [0.3, 0.4) is 0 Å². The topological polar surface area (TPSA) is 51.2 Å². The van der Waals surface area contributed by atoms with Gasteiger partial charge in [-0.3, -0.25) is 4.79 Å². The number of aromatic nitrogens is 1. The van der Waals surface area contributed by atoms with Crippen LogP contribution in [-0.2, 0) is 6.18 Å². The van der Waals surface area contributed by atoms with Crippen molar-refractivity contribution >= 4 is 11.6 Å². The lowest BCUT2D eigenvalue weighted by Gasteiger charge is -2.11. The Labute approximate surface area is 160 Å². The summed E-state index contributed by atoms with van der Waals surface area (Å²) in [6.07, 6.45) is -4.47. The number of rotatable bonds is 4. The first-order valence-electron chi connectivity index (χ1n) is 8.43. The zero-order chi connectivity index (χ0) is 20.3. The normalized spacial score (nSPS) is 11.2. The molecule has 0 aliphatic rings. The molecule has 0 spiro atoms. The predicted octanol–water partition coefficient (Wildman–Crippen LogP) is 5.76. The van der Waals surface area contributed by atoms with Crippen molar-refractivity contribution in [2.75, 3.05) is 5.32 Å². The lowest BCUT2D eigenvalue weighted by molar-refractivity contribution is -0.137. The molecule has 1 N–H and O–H groups in total. The Morgan fingerprint density at radius 2 is 1.75 bits per heavy atom. The maximum Gasteiger partial charge on any atom is 0.416 e. The summed E-state index contributed by atoms with van der Waals surface area (Å²) in [6.45, 7) is 3.83. The van der Waals surface area contributed by atoms with Gasteiger partial charge >= 0.3 is 6.18 Å². The van der Waals surface area contributed by atoms with Crippen molar-refractivity contribution in [2.24, 2.45) is 0 Å². The summed E-state index contributed by atoms with van der Waals surface area (Å²) in [6, 6.07) is 14.6. The summed E-state index contributed by atoms with van der Waals surface area (Å²) >= 11 is 0. The van der Waals surface area contributed by atoms with Crippen molar-refractivity contribution < 1.29 is 22.7 Å². The summed E-state index contributed by atoms with van der Waals surface area (Å²) in [4.78, 5) is 16.6. The Bertz CT molecular complexity index is 1020. The second kappa shape index (κ2) is 7.72. The fourth-order valence-corrected chi connectivity index (χ4v) is 2.59. The molecule has 2 aromatic carbocycles. The highest BCUT2D eigenvalue weighted by Crippen LogP contribution is 2.32. The first-order chi connectivity index (χ1) is 13.2. The highest BCUT2D eigenvalue weighted by Gasteiger charge is 2.30. The van der Waals surface area contributed by atoms with Gasteiger partial charge in [-0.15, -0.1) is 0 Å². The molecule has 1 aromatic heterocycles. The number of pyridine rings is 1. The predicted molar refractivity (Wildman–Crippen MR) is 99.6 cm³/mol. The highest BCUT2D eigenvalue weighted by atomic mass is 19.4. The number of halogens is 3. The van der Waals surface area contributed by atoms with Crippen LogP contribution in [0.1, 0.15) is 27.2 Å². The van der Waals surface area contributed by atoms with Crippen LogP contribution in [0.15, 0.2) is 60.7 Å². The number of alkyl halides is 3. The van der Waals surface area contributed by atoms with Gasteiger partial charge in [0.05, 0.1) is 5.56 Å². The number of amides is 1. The number of anilines is 1. The number of nitrogens with zero attached hydrogens (tertiary/aromatic N) is 1. The van der Waals surface area contributed by atoms with E-state index in [1.54, 1.807) is 12.1 Å². The maximum absolute atomic E-state index is 12.8. The van der Waals surface area contributed by atoms with Crippen LogP contribution in [0.5, 0.6) is 11.6 Å². The van der Waals surface area contributed by atoms with Crippen LogP contribution in [0.25, 0.3) is 0 Å². The molecular weight excluding hydrogens is 369 g/mol. The van der Waals surface area contributed by atoms with Gasteiger partial charge < -0.3 is 10.1 Å². The largest absolute Gasteiger partial charge is 0.439 e. The standard InChI is InChI=1S/C21H17F3N2O2/c1-13-9-10-17(14(2)11-13)26-20(27)18-7-4-8-19(25-18)28-16-6-3-5-15(12-16)21(22,23)24/h3-12H,1-2H3,(H,26,27). The first kappa shape index (κ1) is 19.4. The van der Waals surface area contributed by atoms with E-state index in [0.717, 1.165) is 23.3 Å². The minimum Gasteiger partial charge on any atom is -0.439 e. The molecule has 3 aromatic rings. The molecule has 0 unspecified atom stereocenters.